The average Bonchev–Trinajstić information content (AvgIpc) is 3.70. The highest BCUT2D eigenvalue weighted by atomic mass is 16.5. The number of aliphatic carboxylic acids is 1. The molecule has 4 aliphatic carbocycles. The van der Waals surface area contributed by atoms with Gasteiger partial charge in [0, 0.05) is 28.0 Å². The number of hydrogen-bond acceptors (Lipinski definition) is 4. The van der Waals surface area contributed by atoms with Crippen LogP contribution in [-0.2, 0) is 27.8 Å². The van der Waals surface area contributed by atoms with Crippen LogP contribution < -0.4 is 0 Å². The molecule has 3 heterocycles. The second kappa shape index (κ2) is 11.0. The van der Waals surface area contributed by atoms with E-state index in [1.807, 2.05) is 0 Å². The summed E-state index contributed by atoms with van der Waals surface area (Å²) in [5.74, 6) is 0.552. The standard InChI is InChI=1S/C37H49NO3.C6H8O2/c1-18(2)27-16-24-29-21(25-17-34(4,5)41-35(6,7)30(25)32(29)40)15-22-23-14-20-10-11-26-19(3)28(39)12-13-36(26,8)37(20,9)33(23)38(27)31(22)24;1-3-4-5(2)6(7)8/h15,17,19-20,26-28,30,32,39-40H,1,10-14,16H2,2-9H3;3-4H,1H2,2H3,(H,7,8)/b;5-4+/t19-,20?,26?,27?,28+,30?,32?,36+,37-;/m1./s1. The van der Waals surface area contributed by atoms with Gasteiger partial charge in [0.25, 0.3) is 0 Å². The summed E-state index contributed by atoms with van der Waals surface area (Å²) in [5.41, 5.74) is 10.4. The molecule has 3 N–H and O–H groups in total. The molecule has 2 saturated carbocycles. The van der Waals surface area contributed by atoms with Gasteiger partial charge in [0.2, 0.25) is 0 Å². The number of aliphatic hydroxyl groups is 2. The molecule has 2 fully saturated rings. The number of fused-ring (bicyclic) bond motifs is 11. The van der Waals surface area contributed by atoms with Gasteiger partial charge in [-0.1, -0.05) is 51.7 Å². The van der Waals surface area contributed by atoms with Crippen LogP contribution in [0.15, 0.2) is 48.6 Å². The number of hydrogen-bond donors (Lipinski definition) is 3. The Balaban J connectivity index is 0.000000424. The molecule has 5 unspecified atom stereocenters. The van der Waals surface area contributed by atoms with Crippen molar-refractivity contribution in [3.05, 3.63) is 76.5 Å². The molecule has 6 aliphatic rings. The second-order valence-corrected chi connectivity index (χ2v) is 17.9. The molecule has 1 aromatic carbocycles. The van der Waals surface area contributed by atoms with Crippen LogP contribution in [-0.4, -0.2) is 43.2 Å². The molecule has 9 atom stereocenters. The van der Waals surface area contributed by atoms with Gasteiger partial charge in [-0.2, -0.15) is 0 Å². The summed E-state index contributed by atoms with van der Waals surface area (Å²) < 4.78 is 9.28. The van der Waals surface area contributed by atoms with Crippen molar-refractivity contribution in [1.29, 1.82) is 0 Å². The molecule has 264 valence electrons. The fraction of sp³-hybridized carbons (Fsp3) is 0.605. The number of allylic oxidation sites excluding steroid dienone is 3. The molecular formula is C43H57NO5. The van der Waals surface area contributed by atoms with Gasteiger partial charge in [0.15, 0.2) is 0 Å². The minimum Gasteiger partial charge on any atom is -0.478 e. The van der Waals surface area contributed by atoms with Crippen LogP contribution in [0.5, 0.6) is 0 Å². The first-order valence-corrected chi connectivity index (χ1v) is 18.5. The number of rotatable bonds is 3. The van der Waals surface area contributed by atoms with E-state index in [2.05, 4.69) is 85.3 Å². The van der Waals surface area contributed by atoms with Gasteiger partial charge in [-0.3, -0.25) is 0 Å². The third-order valence-electron chi connectivity index (χ3n) is 14.3. The van der Waals surface area contributed by atoms with Gasteiger partial charge >= 0.3 is 5.97 Å². The molecular weight excluding hydrogens is 610 g/mol. The minimum atomic E-state index is -0.898. The molecule has 8 rings (SSSR count). The van der Waals surface area contributed by atoms with Crippen molar-refractivity contribution >= 4 is 22.4 Å². The number of nitrogens with zero attached hydrogens (tertiary/aromatic N) is 1. The van der Waals surface area contributed by atoms with E-state index in [0.29, 0.717) is 23.3 Å². The Bertz CT molecular complexity index is 1850. The number of aromatic nitrogens is 1. The summed E-state index contributed by atoms with van der Waals surface area (Å²) in [7, 11) is 0. The maximum Gasteiger partial charge on any atom is 0.331 e. The van der Waals surface area contributed by atoms with Crippen LogP contribution in [0.4, 0.5) is 0 Å². The normalized spacial score (nSPS) is 37.6. The molecule has 0 saturated heterocycles. The predicted molar refractivity (Wildman–Crippen MR) is 197 cm³/mol. The zero-order valence-electron chi connectivity index (χ0n) is 31.1. The predicted octanol–water partition coefficient (Wildman–Crippen LogP) is 8.79. The Morgan fingerprint density at radius 2 is 1.73 bits per heavy atom. The van der Waals surface area contributed by atoms with Crippen LogP contribution in [0.3, 0.4) is 0 Å². The summed E-state index contributed by atoms with van der Waals surface area (Å²) in [6.07, 6.45) is 11.0. The SMILES string of the molecule is C=C(C)C1Cc2c3c(cc4c5c(n1c24)[C@@]1(C)C(CCC2[C@@H](C)[C@@H](O)CC[C@@]21C)C5)C1=CC(C)(C)OC(C)(C)C1C3O.C=C/C=C(\C)C(=O)O. The van der Waals surface area contributed by atoms with Crippen LogP contribution >= 0.6 is 0 Å². The van der Waals surface area contributed by atoms with Crippen molar-refractivity contribution in [1.82, 2.24) is 4.57 Å². The first kappa shape index (κ1) is 34.5. The average molecular weight is 668 g/mol. The molecule has 49 heavy (non-hydrogen) atoms. The highest BCUT2D eigenvalue weighted by molar-refractivity contribution is 5.97. The molecule has 0 bridgehead atoms. The lowest BCUT2D eigenvalue weighted by Crippen LogP contribution is -2.58. The van der Waals surface area contributed by atoms with E-state index in [4.69, 9.17) is 9.84 Å². The zero-order valence-corrected chi connectivity index (χ0v) is 31.1. The lowest BCUT2D eigenvalue weighted by molar-refractivity contribution is -0.143. The van der Waals surface area contributed by atoms with E-state index in [0.717, 1.165) is 31.2 Å². The van der Waals surface area contributed by atoms with E-state index >= 15 is 0 Å². The number of aliphatic hydroxyl groups excluding tert-OH is 2. The Hall–Kier alpha value is -2.93. The molecule has 6 heteroatoms. The smallest absolute Gasteiger partial charge is 0.331 e. The number of benzene rings is 1. The van der Waals surface area contributed by atoms with Gasteiger partial charge in [0.1, 0.15) is 0 Å². The highest BCUT2D eigenvalue weighted by Gasteiger charge is 2.65. The summed E-state index contributed by atoms with van der Waals surface area (Å²) in [6, 6.07) is 2.70. The fourth-order valence-electron chi connectivity index (χ4n) is 12.1. The maximum absolute atomic E-state index is 12.1. The summed E-state index contributed by atoms with van der Waals surface area (Å²) >= 11 is 0. The number of ether oxygens (including phenoxy) is 1. The highest BCUT2D eigenvalue weighted by Crippen LogP contribution is 2.69. The number of carboxylic acid groups (broad SMARTS) is 1. The van der Waals surface area contributed by atoms with Crippen LogP contribution in [0.2, 0.25) is 0 Å². The van der Waals surface area contributed by atoms with Gasteiger partial charge in [-0.05, 0) is 143 Å². The first-order chi connectivity index (χ1) is 22.8. The molecule has 1 aromatic heterocycles. The quantitative estimate of drug-likeness (QED) is 0.173. The number of carboxylic acids is 1. The molecule has 2 aliphatic heterocycles. The molecule has 6 nitrogen and oxygen atoms in total. The summed E-state index contributed by atoms with van der Waals surface area (Å²) in [5, 5.41) is 32.6. The van der Waals surface area contributed by atoms with Crippen molar-refractivity contribution in [2.45, 2.75) is 136 Å². The molecule has 0 radical (unpaired) electrons. The van der Waals surface area contributed by atoms with Crippen molar-refractivity contribution in [3.8, 4) is 0 Å². The first-order valence-electron chi connectivity index (χ1n) is 18.5. The summed E-state index contributed by atoms with van der Waals surface area (Å²) in [4.78, 5) is 9.97. The second-order valence-electron chi connectivity index (χ2n) is 17.9. The van der Waals surface area contributed by atoms with E-state index in [-0.39, 0.29) is 34.5 Å². The minimum absolute atomic E-state index is 0.0570. The van der Waals surface area contributed by atoms with Gasteiger partial charge < -0.3 is 24.6 Å². The topological polar surface area (TPSA) is 91.9 Å². The Morgan fingerprint density at radius 1 is 1.04 bits per heavy atom. The lowest BCUT2D eigenvalue weighted by Gasteiger charge is -2.61. The summed E-state index contributed by atoms with van der Waals surface area (Å²) in [6.45, 7) is 27.7. The van der Waals surface area contributed by atoms with E-state index in [1.54, 1.807) is 11.3 Å². The molecule has 0 amide bonds. The van der Waals surface area contributed by atoms with Crippen molar-refractivity contribution in [2.75, 3.05) is 0 Å². The fourth-order valence-corrected chi connectivity index (χ4v) is 12.1. The maximum atomic E-state index is 12.1. The van der Waals surface area contributed by atoms with Crippen molar-refractivity contribution < 1.29 is 24.9 Å². The van der Waals surface area contributed by atoms with Crippen molar-refractivity contribution in [3.63, 3.8) is 0 Å². The largest absolute Gasteiger partial charge is 0.478 e. The van der Waals surface area contributed by atoms with Crippen molar-refractivity contribution in [2.24, 2.45) is 29.1 Å². The van der Waals surface area contributed by atoms with Gasteiger partial charge in [-0.15, -0.1) is 0 Å². The third kappa shape index (κ3) is 4.58. The zero-order chi connectivity index (χ0) is 35.7. The molecule has 2 aromatic rings. The lowest BCUT2D eigenvalue weighted by atomic mass is 9.44. The molecule has 0 spiro atoms. The van der Waals surface area contributed by atoms with E-state index < -0.39 is 17.7 Å². The Morgan fingerprint density at radius 3 is 2.35 bits per heavy atom. The van der Waals surface area contributed by atoms with Gasteiger partial charge in [-0.25, -0.2) is 4.79 Å². The van der Waals surface area contributed by atoms with E-state index in [1.165, 1.54) is 65.1 Å². The monoisotopic (exact) mass is 667 g/mol. The van der Waals surface area contributed by atoms with Crippen LogP contribution in [0.1, 0.15) is 128 Å². The Kier molecular flexibility index (Phi) is 7.77. The van der Waals surface area contributed by atoms with Crippen LogP contribution in [0, 0.1) is 29.1 Å². The van der Waals surface area contributed by atoms with Gasteiger partial charge in [0.05, 0.1) is 35.0 Å². The van der Waals surface area contributed by atoms with Crippen LogP contribution in [0.25, 0.3) is 16.5 Å². The third-order valence-corrected chi connectivity index (χ3v) is 14.3. The Labute approximate surface area is 292 Å². The number of carbonyl (C=O) groups is 1. The van der Waals surface area contributed by atoms with E-state index in [9.17, 15) is 15.0 Å².